The highest BCUT2D eigenvalue weighted by molar-refractivity contribution is 5.76. The molecular formula is C30H42FN3O4. The summed E-state index contributed by atoms with van der Waals surface area (Å²) in [5, 5.41) is 15.1. The summed E-state index contributed by atoms with van der Waals surface area (Å²) in [4.78, 5) is 26.4. The van der Waals surface area contributed by atoms with Gasteiger partial charge in [0.05, 0.1) is 12.7 Å². The van der Waals surface area contributed by atoms with Gasteiger partial charge in [-0.05, 0) is 74.2 Å². The van der Waals surface area contributed by atoms with E-state index in [1.807, 2.05) is 36.1 Å². The lowest BCUT2D eigenvalue weighted by molar-refractivity contribution is -0.136. The van der Waals surface area contributed by atoms with E-state index in [0.717, 1.165) is 31.2 Å². The lowest BCUT2D eigenvalue weighted by atomic mass is 9.72. The molecule has 1 saturated heterocycles. The number of ether oxygens (including phenoxy) is 1. The number of unbranched alkanes of at least 4 members (excludes halogenated alkanes) is 1. The van der Waals surface area contributed by atoms with E-state index < -0.39 is 17.5 Å². The number of alkyl carbamates (subject to hydrolysis) is 1. The maximum absolute atomic E-state index is 15.5. The normalized spacial score (nSPS) is 17.1. The molecule has 38 heavy (non-hydrogen) atoms. The molecule has 2 atom stereocenters. The maximum atomic E-state index is 15.5. The number of piperidine rings is 1. The molecule has 1 aliphatic rings. The molecule has 0 aromatic heterocycles. The van der Waals surface area contributed by atoms with E-state index in [-0.39, 0.29) is 11.8 Å². The van der Waals surface area contributed by atoms with Gasteiger partial charge in [0.15, 0.2) is 0 Å². The van der Waals surface area contributed by atoms with Crippen LogP contribution in [0.15, 0.2) is 42.5 Å². The third-order valence-corrected chi connectivity index (χ3v) is 7.59. The standard InChI is InChI=1S/C30H42FN3O4/c1-3-22-10-6-11-23(20-22)28-25(13-7-14-26(28)31)30(37,16-9-18-33-29(36)38-2)24-12-8-19-34(21-24)27(35)15-4-5-17-32/h6-7,10-11,13-14,20,24,37H,3-5,8-9,12,15-19,21,32H2,1-2H3,(H,33,36). The molecule has 3 rings (SSSR count). The number of carbonyl (C=O) groups is 2. The quantitative estimate of drug-likeness (QED) is 0.346. The number of nitrogens with one attached hydrogen (secondary N) is 1. The van der Waals surface area contributed by atoms with Crippen LogP contribution in [0.1, 0.15) is 63.0 Å². The second-order valence-corrected chi connectivity index (χ2v) is 10.1. The first-order valence-electron chi connectivity index (χ1n) is 13.7. The minimum Gasteiger partial charge on any atom is -0.453 e. The Balaban J connectivity index is 1.98. The Kier molecular flexibility index (Phi) is 11.1. The minimum absolute atomic E-state index is 0.0629. The molecule has 1 heterocycles. The second-order valence-electron chi connectivity index (χ2n) is 10.1. The maximum Gasteiger partial charge on any atom is 0.406 e. The van der Waals surface area contributed by atoms with Crippen LogP contribution in [0.5, 0.6) is 0 Å². The van der Waals surface area contributed by atoms with E-state index in [2.05, 4.69) is 10.1 Å². The number of halogens is 1. The van der Waals surface area contributed by atoms with Gasteiger partial charge in [-0.3, -0.25) is 4.79 Å². The van der Waals surface area contributed by atoms with Crippen molar-refractivity contribution in [3.8, 4) is 11.1 Å². The fraction of sp³-hybridized carbons (Fsp3) is 0.533. The summed E-state index contributed by atoms with van der Waals surface area (Å²) in [6, 6.07) is 12.6. The highest BCUT2D eigenvalue weighted by Crippen LogP contribution is 2.44. The Labute approximate surface area is 225 Å². The van der Waals surface area contributed by atoms with Crippen LogP contribution in [0.4, 0.5) is 9.18 Å². The van der Waals surface area contributed by atoms with E-state index in [1.54, 1.807) is 12.1 Å². The number of carbonyl (C=O) groups excluding carboxylic acids is 2. The summed E-state index contributed by atoms with van der Waals surface area (Å²) >= 11 is 0. The number of amides is 2. The first kappa shape index (κ1) is 29.6. The van der Waals surface area contributed by atoms with Crippen molar-refractivity contribution in [3.63, 3.8) is 0 Å². The van der Waals surface area contributed by atoms with Crippen LogP contribution in [0.2, 0.25) is 0 Å². The number of nitrogens with two attached hydrogens (primary N) is 1. The predicted octanol–water partition coefficient (Wildman–Crippen LogP) is 4.75. The average molecular weight is 528 g/mol. The average Bonchev–Trinajstić information content (AvgIpc) is 2.95. The lowest BCUT2D eigenvalue weighted by Crippen LogP contribution is -2.48. The molecule has 1 aliphatic heterocycles. The van der Waals surface area contributed by atoms with Crippen molar-refractivity contribution in [3.05, 3.63) is 59.4 Å². The zero-order valence-electron chi connectivity index (χ0n) is 22.7. The zero-order chi connectivity index (χ0) is 27.5. The number of methoxy groups -OCH3 is 1. The predicted molar refractivity (Wildman–Crippen MR) is 147 cm³/mol. The van der Waals surface area contributed by atoms with Crippen LogP contribution in [0.25, 0.3) is 11.1 Å². The van der Waals surface area contributed by atoms with E-state index in [1.165, 1.54) is 13.2 Å². The van der Waals surface area contributed by atoms with Crippen molar-refractivity contribution in [2.24, 2.45) is 11.7 Å². The molecular weight excluding hydrogens is 485 g/mol. The number of aliphatic hydroxyl groups is 1. The summed E-state index contributed by atoms with van der Waals surface area (Å²) in [6.45, 7) is 3.95. The van der Waals surface area contributed by atoms with Gasteiger partial charge in [0.2, 0.25) is 5.91 Å². The van der Waals surface area contributed by atoms with Crippen molar-refractivity contribution in [1.82, 2.24) is 10.2 Å². The van der Waals surface area contributed by atoms with Gasteiger partial charge in [0.1, 0.15) is 5.82 Å². The number of aryl methyl sites for hydroxylation is 1. The van der Waals surface area contributed by atoms with Gasteiger partial charge in [-0.25, -0.2) is 9.18 Å². The van der Waals surface area contributed by atoms with Crippen molar-refractivity contribution >= 4 is 12.0 Å². The van der Waals surface area contributed by atoms with Crippen LogP contribution in [0.3, 0.4) is 0 Å². The van der Waals surface area contributed by atoms with E-state index in [0.29, 0.717) is 68.6 Å². The third kappa shape index (κ3) is 7.32. The SMILES string of the molecule is CCc1cccc(-c2c(F)cccc2C(O)(CCCNC(=O)OC)C2CCCN(C(=O)CCCCN)C2)c1. The summed E-state index contributed by atoms with van der Waals surface area (Å²) in [5.74, 6) is -0.622. The Morgan fingerprint density at radius 3 is 2.74 bits per heavy atom. The number of hydrogen-bond acceptors (Lipinski definition) is 5. The molecule has 8 heteroatoms. The van der Waals surface area contributed by atoms with Gasteiger partial charge in [0.25, 0.3) is 0 Å². The molecule has 2 unspecified atom stereocenters. The Morgan fingerprint density at radius 2 is 2.00 bits per heavy atom. The van der Waals surface area contributed by atoms with Crippen LogP contribution in [-0.4, -0.2) is 55.3 Å². The third-order valence-electron chi connectivity index (χ3n) is 7.59. The molecule has 2 aromatic carbocycles. The first-order valence-corrected chi connectivity index (χ1v) is 13.7. The summed E-state index contributed by atoms with van der Waals surface area (Å²) in [6.07, 6.45) is 4.45. The van der Waals surface area contributed by atoms with Gasteiger partial charge in [-0.1, -0.05) is 43.3 Å². The van der Waals surface area contributed by atoms with E-state index in [4.69, 9.17) is 5.73 Å². The summed E-state index contributed by atoms with van der Waals surface area (Å²) in [7, 11) is 1.30. The fourth-order valence-electron chi connectivity index (χ4n) is 5.48. The number of benzene rings is 2. The fourth-order valence-corrected chi connectivity index (χ4v) is 5.48. The van der Waals surface area contributed by atoms with Crippen molar-refractivity contribution in [2.45, 2.75) is 63.9 Å². The summed E-state index contributed by atoms with van der Waals surface area (Å²) in [5.41, 5.74) is 6.88. The minimum atomic E-state index is -1.41. The first-order chi connectivity index (χ1) is 18.3. The molecule has 2 aromatic rings. The van der Waals surface area contributed by atoms with Crippen LogP contribution in [0, 0.1) is 11.7 Å². The van der Waals surface area contributed by atoms with E-state index >= 15 is 4.39 Å². The molecule has 0 spiro atoms. The number of nitrogens with zero attached hydrogens (tertiary/aromatic N) is 1. The monoisotopic (exact) mass is 527 g/mol. The van der Waals surface area contributed by atoms with Crippen LogP contribution in [-0.2, 0) is 21.6 Å². The molecule has 7 nitrogen and oxygen atoms in total. The Bertz CT molecular complexity index is 1080. The van der Waals surface area contributed by atoms with Crippen molar-refractivity contribution in [1.29, 1.82) is 0 Å². The Hall–Kier alpha value is -2.97. The van der Waals surface area contributed by atoms with Gasteiger partial charge >= 0.3 is 6.09 Å². The van der Waals surface area contributed by atoms with Gasteiger partial charge in [0, 0.05) is 37.5 Å². The number of likely N-dealkylation sites (tertiary alicyclic amines) is 1. The molecule has 0 bridgehead atoms. The smallest absolute Gasteiger partial charge is 0.406 e. The molecule has 0 saturated carbocycles. The highest BCUT2D eigenvalue weighted by atomic mass is 19.1. The van der Waals surface area contributed by atoms with Crippen LogP contribution < -0.4 is 11.1 Å². The van der Waals surface area contributed by atoms with Gasteiger partial charge < -0.3 is 25.8 Å². The number of hydrogen-bond donors (Lipinski definition) is 3. The Morgan fingerprint density at radius 1 is 1.21 bits per heavy atom. The zero-order valence-corrected chi connectivity index (χ0v) is 22.7. The lowest BCUT2D eigenvalue weighted by Gasteiger charge is -2.43. The van der Waals surface area contributed by atoms with Crippen molar-refractivity contribution < 1.29 is 23.8 Å². The second kappa shape index (κ2) is 14.3. The van der Waals surface area contributed by atoms with Gasteiger partial charge in [-0.15, -0.1) is 0 Å². The van der Waals surface area contributed by atoms with Crippen molar-refractivity contribution in [2.75, 3.05) is 33.3 Å². The molecule has 0 radical (unpaired) electrons. The molecule has 4 N–H and O–H groups in total. The highest BCUT2D eigenvalue weighted by Gasteiger charge is 2.43. The largest absolute Gasteiger partial charge is 0.453 e. The molecule has 1 fully saturated rings. The molecule has 208 valence electrons. The van der Waals surface area contributed by atoms with Crippen LogP contribution >= 0.6 is 0 Å². The summed E-state index contributed by atoms with van der Waals surface area (Å²) < 4.78 is 20.2. The number of rotatable bonds is 12. The topological polar surface area (TPSA) is 105 Å². The van der Waals surface area contributed by atoms with Gasteiger partial charge in [-0.2, -0.15) is 0 Å². The molecule has 2 amide bonds. The molecule has 0 aliphatic carbocycles. The van der Waals surface area contributed by atoms with E-state index in [9.17, 15) is 14.7 Å².